The summed E-state index contributed by atoms with van der Waals surface area (Å²) in [6.45, 7) is 4.73. The number of alkyl halides is 1. The minimum absolute atomic E-state index is 1.17. The summed E-state index contributed by atoms with van der Waals surface area (Å²) in [5.41, 5.74) is 0. The third kappa shape index (κ3) is 16.4. The summed E-state index contributed by atoms with van der Waals surface area (Å²) < 4.78 is 0. The molecule has 0 aromatic heterocycles. The molecule has 1 nitrogen and oxygen atoms in total. The van der Waals surface area contributed by atoms with Gasteiger partial charge in [0.05, 0.1) is 0 Å². The van der Waals surface area contributed by atoms with E-state index in [-0.39, 0.29) is 0 Å². The van der Waals surface area contributed by atoms with Crippen molar-refractivity contribution in [1.82, 2.24) is 5.32 Å². The maximum absolute atomic E-state index is 3.55. The molecule has 0 unspecified atom stereocenters. The number of unbranched alkanes of at least 4 members (excludes halogenated alkanes) is 9. The van der Waals surface area contributed by atoms with E-state index in [4.69, 9.17) is 0 Å². The van der Waals surface area contributed by atoms with E-state index in [2.05, 4.69) is 28.2 Å². The molecule has 0 heterocycles. The van der Waals surface area contributed by atoms with Gasteiger partial charge in [0.25, 0.3) is 0 Å². The monoisotopic (exact) mass is 305 g/mol. The predicted octanol–water partition coefficient (Wildman–Crippen LogP) is 5.28. The number of halogens is 1. The van der Waals surface area contributed by atoms with Crippen LogP contribution in [0.5, 0.6) is 0 Å². The topological polar surface area (TPSA) is 12.0 Å². The highest BCUT2D eigenvalue weighted by atomic mass is 79.9. The highest BCUT2D eigenvalue weighted by Gasteiger charge is 1.92. The summed E-state index contributed by atoms with van der Waals surface area (Å²) in [6, 6.07) is 0. The van der Waals surface area contributed by atoms with Gasteiger partial charge in [0.1, 0.15) is 0 Å². The quantitative estimate of drug-likeness (QED) is 0.340. The lowest BCUT2D eigenvalue weighted by Gasteiger charge is -2.04. The summed E-state index contributed by atoms with van der Waals surface area (Å²) in [5.74, 6) is 0. The maximum Gasteiger partial charge on any atom is 0.00313 e. The Bertz CT molecular complexity index is 114. The molecule has 104 valence electrons. The SMILES string of the molecule is CCCCCCCCCNCCCCCCBr. The second-order valence-corrected chi connectivity index (χ2v) is 5.77. The van der Waals surface area contributed by atoms with E-state index in [1.54, 1.807) is 0 Å². The van der Waals surface area contributed by atoms with Crippen molar-refractivity contribution in [2.75, 3.05) is 18.4 Å². The van der Waals surface area contributed by atoms with E-state index in [9.17, 15) is 0 Å². The zero-order valence-corrected chi connectivity index (χ0v) is 13.4. The van der Waals surface area contributed by atoms with Crippen LogP contribution in [0.1, 0.15) is 77.6 Å². The number of nitrogens with one attached hydrogen (secondary N) is 1. The van der Waals surface area contributed by atoms with Crippen LogP contribution in [0.4, 0.5) is 0 Å². The van der Waals surface area contributed by atoms with Crippen LogP contribution in [0.3, 0.4) is 0 Å². The van der Waals surface area contributed by atoms with Crippen LogP contribution in [0.25, 0.3) is 0 Å². The molecule has 0 saturated carbocycles. The molecule has 0 fully saturated rings. The van der Waals surface area contributed by atoms with Crippen molar-refractivity contribution in [3.05, 3.63) is 0 Å². The van der Waals surface area contributed by atoms with Crippen LogP contribution < -0.4 is 5.32 Å². The van der Waals surface area contributed by atoms with Crippen LogP contribution >= 0.6 is 15.9 Å². The van der Waals surface area contributed by atoms with Crippen LogP contribution in [-0.4, -0.2) is 18.4 Å². The van der Waals surface area contributed by atoms with Crippen molar-refractivity contribution < 1.29 is 0 Å². The van der Waals surface area contributed by atoms with Gasteiger partial charge in [0.2, 0.25) is 0 Å². The van der Waals surface area contributed by atoms with Gasteiger partial charge in [-0.2, -0.15) is 0 Å². The minimum atomic E-state index is 1.17. The van der Waals surface area contributed by atoms with Gasteiger partial charge in [-0.3, -0.25) is 0 Å². The minimum Gasteiger partial charge on any atom is -0.317 e. The molecule has 0 atom stereocenters. The fourth-order valence-electron chi connectivity index (χ4n) is 2.03. The first-order valence-corrected chi connectivity index (χ1v) is 8.80. The molecule has 0 bridgehead atoms. The standard InChI is InChI=1S/C15H32BrN/c1-2-3-4-5-6-8-11-14-17-15-12-9-7-10-13-16/h17H,2-15H2,1H3. The summed E-state index contributed by atoms with van der Waals surface area (Å²) in [5, 5.41) is 4.72. The van der Waals surface area contributed by atoms with Gasteiger partial charge in [-0.25, -0.2) is 0 Å². The first-order chi connectivity index (χ1) is 8.41. The van der Waals surface area contributed by atoms with E-state index in [0.717, 1.165) is 0 Å². The van der Waals surface area contributed by atoms with Crippen LogP contribution in [0.2, 0.25) is 0 Å². The first-order valence-electron chi connectivity index (χ1n) is 7.68. The normalized spacial score (nSPS) is 10.9. The van der Waals surface area contributed by atoms with Gasteiger partial charge in [0.15, 0.2) is 0 Å². The van der Waals surface area contributed by atoms with Gasteiger partial charge < -0.3 is 5.32 Å². The third-order valence-corrected chi connectivity index (χ3v) is 3.76. The molecule has 0 aliphatic rings. The van der Waals surface area contributed by atoms with Crippen LogP contribution in [-0.2, 0) is 0 Å². The highest BCUT2D eigenvalue weighted by molar-refractivity contribution is 9.09. The first kappa shape index (κ1) is 17.4. The Kier molecular flexibility index (Phi) is 16.9. The van der Waals surface area contributed by atoms with Gasteiger partial charge >= 0.3 is 0 Å². The molecule has 2 heteroatoms. The van der Waals surface area contributed by atoms with Gasteiger partial charge in [0, 0.05) is 5.33 Å². The molecule has 0 spiro atoms. The average molecular weight is 306 g/mol. The van der Waals surface area contributed by atoms with Crippen LogP contribution in [0, 0.1) is 0 Å². The van der Waals surface area contributed by atoms with Crippen molar-refractivity contribution in [2.45, 2.75) is 77.6 Å². The molecule has 0 aromatic carbocycles. The molecule has 0 saturated heterocycles. The van der Waals surface area contributed by atoms with E-state index in [1.807, 2.05) is 0 Å². The molecule has 0 aliphatic heterocycles. The van der Waals surface area contributed by atoms with Crippen molar-refractivity contribution in [3.63, 3.8) is 0 Å². The molecule has 0 aromatic rings. The Morgan fingerprint density at radius 3 is 1.65 bits per heavy atom. The van der Waals surface area contributed by atoms with Crippen molar-refractivity contribution in [2.24, 2.45) is 0 Å². The molecular weight excluding hydrogens is 274 g/mol. The third-order valence-electron chi connectivity index (χ3n) is 3.19. The van der Waals surface area contributed by atoms with Crippen molar-refractivity contribution in [3.8, 4) is 0 Å². The number of hydrogen-bond donors (Lipinski definition) is 1. The summed E-state index contributed by atoms with van der Waals surface area (Å²) in [4.78, 5) is 0. The highest BCUT2D eigenvalue weighted by Crippen LogP contribution is 2.06. The molecule has 0 aliphatic carbocycles. The Morgan fingerprint density at radius 2 is 1.12 bits per heavy atom. The van der Waals surface area contributed by atoms with Crippen LogP contribution in [0.15, 0.2) is 0 Å². The number of hydrogen-bond acceptors (Lipinski definition) is 1. The largest absolute Gasteiger partial charge is 0.317 e. The lowest BCUT2D eigenvalue weighted by atomic mass is 10.1. The zero-order valence-electron chi connectivity index (χ0n) is 11.8. The predicted molar refractivity (Wildman–Crippen MR) is 83.1 cm³/mol. The average Bonchev–Trinajstić information content (AvgIpc) is 2.35. The fraction of sp³-hybridized carbons (Fsp3) is 1.00. The molecule has 17 heavy (non-hydrogen) atoms. The van der Waals surface area contributed by atoms with Gasteiger partial charge in [-0.15, -0.1) is 0 Å². The Hall–Kier alpha value is 0.440. The molecule has 0 radical (unpaired) electrons. The Morgan fingerprint density at radius 1 is 0.647 bits per heavy atom. The summed E-state index contributed by atoms with van der Waals surface area (Å²) in [6.07, 6.45) is 15.3. The Labute approximate surface area is 117 Å². The lowest BCUT2D eigenvalue weighted by molar-refractivity contribution is 0.547. The van der Waals surface area contributed by atoms with E-state index >= 15 is 0 Å². The van der Waals surface area contributed by atoms with E-state index in [0.29, 0.717) is 0 Å². The fourth-order valence-corrected chi connectivity index (χ4v) is 2.43. The summed E-state index contributed by atoms with van der Waals surface area (Å²) in [7, 11) is 0. The maximum atomic E-state index is 3.55. The van der Waals surface area contributed by atoms with Crippen molar-refractivity contribution in [1.29, 1.82) is 0 Å². The smallest absolute Gasteiger partial charge is 0.00313 e. The van der Waals surface area contributed by atoms with Gasteiger partial charge in [-0.1, -0.05) is 74.2 Å². The van der Waals surface area contributed by atoms with E-state index in [1.165, 1.54) is 89.0 Å². The second kappa shape index (κ2) is 16.4. The van der Waals surface area contributed by atoms with Crippen molar-refractivity contribution >= 4 is 15.9 Å². The molecule has 0 amide bonds. The van der Waals surface area contributed by atoms with E-state index < -0.39 is 0 Å². The van der Waals surface area contributed by atoms with Gasteiger partial charge in [-0.05, 0) is 32.4 Å². The lowest BCUT2D eigenvalue weighted by Crippen LogP contribution is -2.16. The zero-order chi connectivity index (χ0) is 12.6. The molecular formula is C15H32BrN. The summed E-state index contributed by atoms with van der Waals surface area (Å²) >= 11 is 3.47. The molecule has 1 N–H and O–H groups in total. The molecule has 0 rings (SSSR count). The second-order valence-electron chi connectivity index (χ2n) is 4.97. The number of rotatable bonds is 14. The Balaban J connectivity index is 2.85.